The van der Waals surface area contributed by atoms with E-state index in [1.54, 1.807) is 19.1 Å². The van der Waals surface area contributed by atoms with Crippen molar-refractivity contribution in [3.05, 3.63) is 23.4 Å². The molecular formula is C12H18N2O3S. The second-order valence-corrected chi connectivity index (χ2v) is 5.55. The maximum atomic E-state index is 11.4. The fourth-order valence-corrected chi connectivity index (χ4v) is 2.04. The van der Waals surface area contributed by atoms with Crippen molar-refractivity contribution in [2.45, 2.75) is 13.8 Å². The van der Waals surface area contributed by atoms with Crippen LogP contribution >= 0.6 is 0 Å². The lowest BCUT2D eigenvalue weighted by atomic mass is 10.2. The number of hydrogen-bond acceptors (Lipinski definition) is 5. The summed E-state index contributed by atoms with van der Waals surface area (Å²) in [5.41, 5.74) is 1.07. The predicted octanol–water partition coefficient (Wildman–Crippen LogP) is 1.36. The summed E-state index contributed by atoms with van der Waals surface area (Å²) in [5.74, 6) is 1.54. The molecule has 0 aliphatic heterocycles. The number of hydrogen-bond donors (Lipinski definition) is 1. The number of methoxy groups -OCH3 is 1. The van der Waals surface area contributed by atoms with Crippen LogP contribution in [0.15, 0.2) is 12.1 Å². The van der Waals surface area contributed by atoms with Gasteiger partial charge in [0.15, 0.2) is 0 Å². The Bertz CT molecular complexity index is 449. The smallest absolute Gasteiger partial charge is 0.339 e. The molecule has 6 heteroatoms. The van der Waals surface area contributed by atoms with Gasteiger partial charge in [-0.2, -0.15) is 0 Å². The third kappa shape index (κ3) is 4.10. The van der Waals surface area contributed by atoms with Gasteiger partial charge in [0.2, 0.25) is 0 Å². The van der Waals surface area contributed by atoms with Gasteiger partial charge < -0.3 is 10.1 Å². The number of anilines is 1. The number of aryl methyl sites for hydroxylation is 1. The van der Waals surface area contributed by atoms with E-state index in [0.29, 0.717) is 35.1 Å². The first-order valence-electron chi connectivity index (χ1n) is 5.73. The maximum absolute atomic E-state index is 11.4. The van der Waals surface area contributed by atoms with E-state index >= 15 is 0 Å². The van der Waals surface area contributed by atoms with Crippen molar-refractivity contribution in [3.63, 3.8) is 0 Å². The van der Waals surface area contributed by atoms with E-state index in [0.717, 1.165) is 0 Å². The van der Waals surface area contributed by atoms with Gasteiger partial charge in [-0.25, -0.2) is 9.78 Å². The summed E-state index contributed by atoms with van der Waals surface area (Å²) in [6.07, 6.45) is 0. The molecule has 18 heavy (non-hydrogen) atoms. The van der Waals surface area contributed by atoms with Gasteiger partial charge in [0.05, 0.1) is 18.4 Å². The molecule has 0 saturated heterocycles. The quantitative estimate of drug-likeness (QED) is 0.790. The number of esters is 1. The Balaban J connectivity index is 2.62. The molecule has 5 nitrogen and oxygen atoms in total. The van der Waals surface area contributed by atoms with Crippen LogP contribution in [-0.4, -0.2) is 40.3 Å². The molecular weight excluding hydrogens is 252 g/mol. The van der Waals surface area contributed by atoms with Gasteiger partial charge in [-0.3, -0.25) is 4.21 Å². The van der Waals surface area contributed by atoms with Gasteiger partial charge in [0, 0.05) is 28.9 Å². The Morgan fingerprint density at radius 2 is 2.22 bits per heavy atom. The second-order valence-electron chi connectivity index (χ2n) is 3.68. The van der Waals surface area contributed by atoms with E-state index < -0.39 is 16.8 Å². The summed E-state index contributed by atoms with van der Waals surface area (Å²) in [6, 6.07) is 3.39. The van der Waals surface area contributed by atoms with Crippen molar-refractivity contribution in [1.29, 1.82) is 0 Å². The Kier molecular flexibility index (Phi) is 5.77. The lowest BCUT2D eigenvalue weighted by Crippen LogP contribution is -2.14. The molecule has 1 aromatic rings. The molecule has 1 atom stereocenters. The van der Waals surface area contributed by atoms with E-state index in [2.05, 4.69) is 15.0 Å². The predicted molar refractivity (Wildman–Crippen MR) is 72.4 cm³/mol. The third-order valence-electron chi connectivity index (χ3n) is 2.45. The average Bonchev–Trinajstić information content (AvgIpc) is 2.37. The fraction of sp³-hybridized carbons (Fsp3) is 0.500. The molecule has 1 rings (SSSR count). The number of pyridine rings is 1. The summed E-state index contributed by atoms with van der Waals surface area (Å²) < 4.78 is 15.9. The molecule has 1 N–H and O–H groups in total. The van der Waals surface area contributed by atoms with Crippen LogP contribution in [0.4, 0.5) is 5.82 Å². The summed E-state index contributed by atoms with van der Waals surface area (Å²) in [7, 11) is 0.558. The SMILES string of the molecule is CCS(=O)CCNc1ccc(C(=O)OC)c(C)n1. The molecule has 1 heterocycles. The Morgan fingerprint density at radius 1 is 1.50 bits per heavy atom. The number of nitrogens with one attached hydrogen (secondary N) is 1. The lowest BCUT2D eigenvalue weighted by molar-refractivity contribution is 0.0599. The third-order valence-corrected chi connectivity index (χ3v) is 3.75. The van der Waals surface area contributed by atoms with E-state index in [9.17, 15) is 9.00 Å². The zero-order chi connectivity index (χ0) is 13.5. The highest BCUT2D eigenvalue weighted by Crippen LogP contribution is 2.11. The number of rotatable bonds is 6. The first kappa shape index (κ1) is 14.6. The van der Waals surface area contributed by atoms with Crippen molar-refractivity contribution in [1.82, 2.24) is 4.98 Å². The Hall–Kier alpha value is -1.43. The summed E-state index contributed by atoms with van der Waals surface area (Å²) in [5, 5.41) is 3.08. The molecule has 0 aliphatic carbocycles. The van der Waals surface area contributed by atoms with Crippen LogP contribution in [0.3, 0.4) is 0 Å². The molecule has 0 saturated carbocycles. The van der Waals surface area contributed by atoms with Gasteiger partial charge in [-0.1, -0.05) is 6.92 Å². The largest absolute Gasteiger partial charge is 0.465 e. The minimum atomic E-state index is -0.784. The van der Waals surface area contributed by atoms with Crippen molar-refractivity contribution >= 4 is 22.6 Å². The highest BCUT2D eigenvalue weighted by atomic mass is 32.2. The molecule has 1 aromatic heterocycles. The van der Waals surface area contributed by atoms with Crippen molar-refractivity contribution in [2.75, 3.05) is 30.5 Å². The molecule has 0 aliphatic rings. The number of carbonyl (C=O) groups excluding carboxylic acids is 1. The Labute approximate surface area is 109 Å². The van der Waals surface area contributed by atoms with Gasteiger partial charge in [-0.05, 0) is 19.1 Å². The number of nitrogens with zero attached hydrogens (tertiary/aromatic N) is 1. The summed E-state index contributed by atoms with van der Waals surface area (Å²) in [6.45, 7) is 4.25. The lowest BCUT2D eigenvalue weighted by Gasteiger charge is -2.08. The standard InChI is InChI=1S/C12H18N2O3S/c1-4-18(16)8-7-13-11-6-5-10(9(2)14-11)12(15)17-3/h5-6H,4,7-8H2,1-3H3,(H,13,14). The van der Waals surface area contributed by atoms with E-state index in [1.165, 1.54) is 7.11 Å². The zero-order valence-electron chi connectivity index (χ0n) is 10.9. The van der Waals surface area contributed by atoms with E-state index in [4.69, 9.17) is 0 Å². The second kappa shape index (κ2) is 7.10. The van der Waals surface area contributed by atoms with Gasteiger partial charge in [0.1, 0.15) is 5.82 Å². The summed E-state index contributed by atoms with van der Waals surface area (Å²) >= 11 is 0. The number of carbonyl (C=O) groups is 1. The average molecular weight is 270 g/mol. The molecule has 100 valence electrons. The van der Waals surface area contributed by atoms with E-state index in [-0.39, 0.29) is 0 Å². The first-order valence-corrected chi connectivity index (χ1v) is 7.22. The monoisotopic (exact) mass is 270 g/mol. The van der Waals surface area contributed by atoms with Crippen LogP contribution in [0.1, 0.15) is 23.0 Å². The number of ether oxygens (including phenoxy) is 1. The van der Waals surface area contributed by atoms with E-state index in [1.807, 2.05) is 6.92 Å². The maximum Gasteiger partial charge on any atom is 0.339 e. The van der Waals surface area contributed by atoms with Crippen molar-refractivity contribution in [2.24, 2.45) is 0 Å². The van der Waals surface area contributed by atoms with Crippen LogP contribution < -0.4 is 5.32 Å². The molecule has 0 fully saturated rings. The summed E-state index contributed by atoms with van der Waals surface area (Å²) in [4.78, 5) is 15.6. The van der Waals surface area contributed by atoms with Gasteiger partial charge in [0.25, 0.3) is 0 Å². The highest BCUT2D eigenvalue weighted by Gasteiger charge is 2.10. The first-order chi connectivity index (χ1) is 8.58. The van der Waals surface area contributed by atoms with Crippen molar-refractivity contribution in [3.8, 4) is 0 Å². The zero-order valence-corrected chi connectivity index (χ0v) is 11.7. The van der Waals surface area contributed by atoms with Crippen molar-refractivity contribution < 1.29 is 13.7 Å². The molecule has 0 amide bonds. The molecule has 0 bridgehead atoms. The van der Waals surface area contributed by atoms with Crippen LogP contribution in [0.5, 0.6) is 0 Å². The molecule has 0 aromatic carbocycles. The number of aromatic nitrogens is 1. The van der Waals surface area contributed by atoms with Gasteiger partial charge >= 0.3 is 5.97 Å². The molecule has 1 unspecified atom stereocenters. The fourth-order valence-electron chi connectivity index (χ4n) is 1.42. The van der Waals surface area contributed by atoms with Crippen LogP contribution in [-0.2, 0) is 15.5 Å². The molecule has 0 radical (unpaired) electrons. The van der Waals surface area contributed by atoms with Crippen LogP contribution in [0.2, 0.25) is 0 Å². The van der Waals surface area contributed by atoms with Crippen LogP contribution in [0.25, 0.3) is 0 Å². The minimum absolute atomic E-state index is 0.390. The molecule has 0 spiro atoms. The van der Waals surface area contributed by atoms with Crippen LogP contribution in [0, 0.1) is 6.92 Å². The Morgan fingerprint density at radius 3 is 2.78 bits per heavy atom. The minimum Gasteiger partial charge on any atom is -0.465 e. The highest BCUT2D eigenvalue weighted by molar-refractivity contribution is 7.84. The topological polar surface area (TPSA) is 68.3 Å². The normalized spacial score (nSPS) is 11.9. The van der Waals surface area contributed by atoms with Gasteiger partial charge in [-0.15, -0.1) is 0 Å².